The lowest BCUT2D eigenvalue weighted by Crippen LogP contribution is -2.49. The zero-order valence-electron chi connectivity index (χ0n) is 23.8. The molecule has 4 aromatic rings. The van der Waals surface area contributed by atoms with Crippen molar-refractivity contribution in [1.82, 2.24) is 5.32 Å². The molecule has 1 fully saturated rings. The second-order valence-corrected chi connectivity index (χ2v) is 14.2. The molecule has 4 atom stereocenters. The number of hydrogen-bond donors (Lipinski definition) is 4. The highest BCUT2D eigenvalue weighted by molar-refractivity contribution is 7.20. The lowest BCUT2D eigenvalue weighted by atomic mass is 9.62. The number of carbonyl (C=O) groups excluding carboxylic acids is 2. The van der Waals surface area contributed by atoms with Gasteiger partial charge in [-0.3, -0.25) is 9.59 Å². The Kier molecular flexibility index (Phi) is 7.60. The van der Waals surface area contributed by atoms with E-state index in [2.05, 4.69) is 16.0 Å². The zero-order valence-corrected chi connectivity index (χ0v) is 26.2. The average Bonchev–Trinajstić information content (AvgIpc) is 3.56. The van der Waals surface area contributed by atoms with Gasteiger partial charge in [-0.15, -0.1) is 0 Å². The first-order valence-electron chi connectivity index (χ1n) is 13.8. The summed E-state index contributed by atoms with van der Waals surface area (Å²) in [5.41, 5.74) is 0.0657. The van der Waals surface area contributed by atoms with Crippen molar-refractivity contribution in [3.63, 3.8) is 0 Å². The summed E-state index contributed by atoms with van der Waals surface area (Å²) in [6, 6.07) is 14.8. The van der Waals surface area contributed by atoms with E-state index in [0.29, 0.717) is 33.8 Å². The van der Waals surface area contributed by atoms with Gasteiger partial charge < -0.3 is 25.8 Å². The normalized spacial score (nSPS) is 22.7. The van der Waals surface area contributed by atoms with Gasteiger partial charge in [0.05, 0.1) is 11.1 Å². The van der Waals surface area contributed by atoms with Crippen molar-refractivity contribution in [2.75, 3.05) is 10.6 Å². The molecule has 3 aromatic carbocycles. The first-order chi connectivity index (χ1) is 20.8. The Morgan fingerprint density at radius 2 is 1.89 bits per heavy atom. The third-order valence-corrected chi connectivity index (χ3v) is 9.69. The second kappa shape index (κ2) is 11.0. The summed E-state index contributed by atoms with van der Waals surface area (Å²) in [6.07, 6.45) is -0.937. The highest BCUT2D eigenvalue weighted by Gasteiger charge is 2.66. The molecule has 1 spiro atoms. The third-order valence-electron chi connectivity index (χ3n) is 8.17. The van der Waals surface area contributed by atoms with Crippen molar-refractivity contribution < 1.29 is 28.6 Å². The van der Waals surface area contributed by atoms with Crippen LogP contribution in [0.4, 0.5) is 20.6 Å². The predicted octanol–water partition coefficient (Wildman–Crippen LogP) is 7.79. The number of benzene rings is 3. The fraction of sp³-hybridized carbons (Fsp3) is 0.281. The van der Waals surface area contributed by atoms with E-state index in [-0.39, 0.29) is 27.0 Å². The Bertz CT molecular complexity index is 1840. The van der Waals surface area contributed by atoms with Crippen molar-refractivity contribution in [2.24, 2.45) is 5.41 Å². The number of ether oxygens (including phenoxy) is 1. The number of halogens is 3. The van der Waals surface area contributed by atoms with Crippen LogP contribution < -0.4 is 20.7 Å². The minimum absolute atomic E-state index is 0.117. The van der Waals surface area contributed by atoms with Crippen molar-refractivity contribution >= 4 is 74.0 Å². The molecule has 2 amide bonds. The van der Waals surface area contributed by atoms with E-state index >= 15 is 4.39 Å². The fourth-order valence-corrected chi connectivity index (χ4v) is 7.85. The van der Waals surface area contributed by atoms with Gasteiger partial charge in [-0.1, -0.05) is 73.5 Å². The maximum absolute atomic E-state index is 16.0. The topological polar surface area (TPSA) is 117 Å². The van der Waals surface area contributed by atoms with Gasteiger partial charge in [-0.05, 0) is 64.7 Å². The molecular formula is C32H28Cl2FN3O5S. The molecule has 12 heteroatoms. The van der Waals surface area contributed by atoms with E-state index in [1.165, 1.54) is 6.07 Å². The Hall–Kier alpha value is -3.70. The van der Waals surface area contributed by atoms with Crippen LogP contribution in [-0.4, -0.2) is 35.2 Å². The molecule has 1 saturated heterocycles. The lowest BCUT2D eigenvalue weighted by molar-refractivity contribution is -0.122. The van der Waals surface area contributed by atoms with Crippen LogP contribution in [-0.2, 0) is 15.0 Å². The molecule has 228 valence electrons. The van der Waals surface area contributed by atoms with Crippen LogP contribution in [0.1, 0.15) is 44.2 Å². The van der Waals surface area contributed by atoms with Crippen LogP contribution in [0.15, 0.2) is 60.7 Å². The van der Waals surface area contributed by atoms with Crippen LogP contribution in [0.2, 0.25) is 10.0 Å². The summed E-state index contributed by atoms with van der Waals surface area (Å²) in [7, 11) is 0. The molecule has 2 aliphatic heterocycles. The summed E-state index contributed by atoms with van der Waals surface area (Å²) in [5.74, 6) is -2.52. The Morgan fingerprint density at radius 1 is 1.11 bits per heavy atom. The molecule has 3 heterocycles. The van der Waals surface area contributed by atoms with Crippen LogP contribution in [0.25, 0.3) is 10.1 Å². The number of thiophene rings is 1. The minimum Gasteiger partial charge on any atom is -0.449 e. The molecule has 0 aliphatic carbocycles. The quantitative estimate of drug-likeness (QED) is 0.163. The minimum atomic E-state index is -1.42. The van der Waals surface area contributed by atoms with Crippen molar-refractivity contribution in [3.8, 4) is 5.06 Å². The predicted molar refractivity (Wildman–Crippen MR) is 170 cm³/mol. The highest BCUT2D eigenvalue weighted by atomic mass is 35.5. The van der Waals surface area contributed by atoms with E-state index in [1.54, 1.807) is 54.6 Å². The number of rotatable bonds is 5. The van der Waals surface area contributed by atoms with Gasteiger partial charge in [-0.2, -0.15) is 0 Å². The maximum Gasteiger partial charge on any atom is 0.512 e. The number of nitrogens with one attached hydrogen (secondary N) is 3. The first kappa shape index (κ1) is 30.3. The largest absolute Gasteiger partial charge is 0.512 e. The first-order valence-corrected chi connectivity index (χ1v) is 15.4. The molecule has 0 unspecified atom stereocenters. The second-order valence-electron chi connectivity index (χ2n) is 12.3. The van der Waals surface area contributed by atoms with Crippen molar-refractivity contribution in [3.05, 3.63) is 87.7 Å². The molecule has 0 saturated carbocycles. The third kappa shape index (κ3) is 5.19. The van der Waals surface area contributed by atoms with E-state index in [0.717, 1.165) is 16.0 Å². The SMILES string of the molecule is CC(C)(C)C[C@@H]1N[C@@H](C(=O)Nc2ccc3sc(OC(=O)O)cc3c2)[C@H](c2cccc(Cl)c2F)[C@]12C(=O)Nc1cc(Cl)ccc12. The molecule has 0 radical (unpaired) electrons. The van der Waals surface area contributed by atoms with Gasteiger partial charge >= 0.3 is 6.16 Å². The van der Waals surface area contributed by atoms with Gasteiger partial charge in [-0.25, -0.2) is 9.18 Å². The summed E-state index contributed by atoms with van der Waals surface area (Å²) in [5, 5.41) is 19.5. The molecular weight excluding hydrogens is 628 g/mol. The zero-order chi connectivity index (χ0) is 31.6. The molecule has 8 nitrogen and oxygen atoms in total. The van der Waals surface area contributed by atoms with Gasteiger partial charge in [0.2, 0.25) is 11.8 Å². The standard InChI is InChI=1S/C32H28Cl2FN3O5S/c1-31(2,3)14-23-32(19-9-7-16(33)13-21(19)37-29(32)40)25(18-5-4-6-20(34)26(18)35)27(38-23)28(39)36-17-8-10-22-15(11-17)12-24(44-22)43-30(41)42/h4-13,23,25,27,38H,14H2,1-3H3,(H,36,39)(H,37,40)(H,41,42)/t23-,25-,27+,32+/m0/s1. The molecule has 1 aromatic heterocycles. The molecule has 0 bridgehead atoms. The summed E-state index contributed by atoms with van der Waals surface area (Å²) < 4.78 is 21.5. The molecule has 2 aliphatic rings. The number of carboxylic acid groups (broad SMARTS) is 1. The number of anilines is 2. The van der Waals surface area contributed by atoms with Gasteiger partial charge in [0, 0.05) is 39.1 Å². The van der Waals surface area contributed by atoms with Gasteiger partial charge in [0.1, 0.15) is 11.2 Å². The molecule has 4 N–H and O–H groups in total. The summed E-state index contributed by atoms with van der Waals surface area (Å²) >= 11 is 13.7. The van der Waals surface area contributed by atoms with E-state index in [1.807, 2.05) is 20.8 Å². The number of hydrogen-bond acceptors (Lipinski definition) is 6. The van der Waals surface area contributed by atoms with Crippen LogP contribution >= 0.6 is 34.5 Å². The average molecular weight is 657 g/mol. The molecule has 6 rings (SSSR count). The van der Waals surface area contributed by atoms with Gasteiger partial charge in [0.15, 0.2) is 5.06 Å². The van der Waals surface area contributed by atoms with E-state index in [4.69, 9.17) is 33.0 Å². The smallest absolute Gasteiger partial charge is 0.449 e. The van der Waals surface area contributed by atoms with Crippen LogP contribution in [0.5, 0.6) is 5.06 Å². The van der Waals surface area contributed by atoms with Crippen molar-refractivity contribution in [2.45, 2.75) is 50.6 Å². The van der Waals surface area contributed by atoms with Gasteiger partial charge in [0.25, 0.3) is 0 Å². The lowest BCUT2D eigenvalue weighted by Gasteiger charge is -2.37. The Labute approximate surface area is 266 Å². The van der Waals surface area contributed by atoms with Crippen LogP contribution in [0, 0.1) is 11.2 Å². The maximum atomic E-state index is 16.0. The van der Waals surface area contributed by atoms with E-state index in [9.17, 15) is 14.4 Å². The number of amides is 2. The van der Waals surface area contributed by atoms with Crippen molar-refractivity contribution in [1.29, 1.82) is 0 Å². The fourth-order valence-electron chi connectivity index (χ4n) is 6.61. The van der Waals surface area contributed by atoms with E-state index < -0.39 is 41.3 Å². The Balaban J connectivity index is 1.48. The Morgan fingerprint density at radius 3 is 2.61 bits per heavy atom. The monoisotopic (exact) mass is 655 g/mol. The summed E-state index contributed by atoms with van der Waals surface area (Å²) in [6.45, 7) is 6.12. The number of carbonyl (C=O) groups is 3. The number of fused-ring (bicyclic) bond motifs is 3. The molecule has 44 heavy (non-hydrogen) atoms. The van der Waals surface area contributed by atoms with Crippen LogP contribution in [0.3, 0.4) is 0 Å². The highest BCUT2D eigenvalue weighted by Crippen LogP contribution is 2.57. The summed E-state index contributed by atoms with van der Waals surface area (Å²) in [4.78, 5) is 39.5.